The summed E-state index contributed by atoms with van der Waals surface area (Å²) in [4.78, 5) is 0. The van der Waals surface area contributed by atoms with Gasteiger partial charge in [-0.05, 0) is 42.9 Å². The molecule has 1 aromatic carbocycles. The standard InChI is InChI=1S/C12H16Cl2/c1-9-3-5-11(12(14)7-9)6-4-10(2)8-13/h3,5,7,10H,4,6,8H2,1-2H3. The summed E-state index contributed by atoms with van der Waals surface area (Å²) in [5.41, 5.74) is 2.44. The Morgan fingerprint density at radius 3 is 2.64 bits per heavy atom. The number of halogens is 2. The number of aryl methyl sites for hydroxylation is 2. The number of benzene rings is 1. The fourth-order valence-electron chi connectivity index (χ4n) is 1.33. The van der Waals surface area contributed by atoms with Gasteiger partial charge in [-0.2, -0.15) is 0 Å². The van der Waals surface area contributed by atoms with E-state index in [1.165, 1.54) is 11.1 Å². The number of hydrogen-bond acceptors (Lipinski definition) is 0. The monoisotopic (exact) mass is 230 g/mol. The van der Waals surface area contributed by atoms with Crippen molar-refractivity contribution >= 4 is 23.2 Å². The van der Waals surface area contributed by atoms with E-state index in [1.807, 2.05) is 6.07 Å². The highest BCUT2D eigenvalue weighted by Gasteiger charge is 2.04. The molecule has 0 aromatic heterocycles. The zero-order chi connectivity index (χ0) is 10.6. The van der Waals surface area contributed by atoms with Gasteiger partial charge in [0.2, 0.25) is 0 Å². The van der Waals surface area contributed by atoms with Crippen molar-refractivity contribution in [2.75, 3.05) is 5.88 Å². The Morgan fingerprint density at radius 1 is 1.36 bits per heavy atom. The van der Waals surface area contributed by atoms with E-state index in [0.29, 0.717) is 5.92 Å². The Balaban J connectivity index is 2.59. The van der Waals surface area contributed by atoms with Crippen molar-refractivity contribution in [3.8, 4) is 0 Å². The highest BCUT2D eigenvalue weighted by atomic mass is 35.5. The number of hydrogen-bond donors (Lipinski definition) is 0. The van der Waals surface area contributed by atoms with Crippen LogP contribution < -0.4 is 0 Å². The van der Waals surface area contributed by atoms with Crippen LogP contribution in [0.3, 0.4) is 0 Å². The molecule has 0 heterocycles. The van der Waals surface area contributed by atoms with E-state index in [0.717, 1.165) is 23.7 Å². The summed E-state index contributed by atoms with van der Waals surface area (Å²) in [6, 6.07) is 6.23. The molecule has 1 atom stereocenters. The first-order chi connectivity index (χ1) is 6.63. The van der Waals surface area contributed by atoms with Gasteiger partial charge in [0.1, 0.15) is 0 Å². The maximum atomic E-state index is 6.12. The van der Waals surface area contributed by atoms with Gasteiger partial charge < -0.3 is 0 Å². The van der Waals surface area contributed by atoms with Crippen LogP contribution >= 0.6 is 23.2 Å². The molecule has 0 aliphatic carbocycles. The molecule has 2 heteroatoms. The molecule has 0 N–H and O–H groups in total. The molecule has 14 heavy (non-hydrogen) atoms. The Morgan fingerprint density at radius 2 is 2.07 bits per heavy atom. The van der Waals surface area contributed by atoms with E-state index in [9.17, 15) is 0 Å². The van der Waals surface area contributed by atoms with Crippen molar-refractivity contribution in [2.45, 2.75) is 26.7 Å². The lowest BCUT2D eigenvalue weighted by Gasteiger charge is -2.08. The zero-order valence-electron chi connectivity index (χ0n) is 8.69. The van der Waals surface area contributed by atoms with Gasteiger partial charge in [0.05, 0.1) is 0 Å². The minimum Gasteiger partial charge on any atom is -0.126 e. The molecule has 0 aliphatic heterocycles. The van der Waals surface area contributed by atoms with E-state index in [-0.39, 0.29) is 0 Å². The highest BCUT2D eigenvalue weighted by molar-refractivity contribution is 6.31. The van der Waals surface area contributed by atoms with E-state index >= 15 is 0 Å². The summed E-state index contributed by atoms with van der Waals surface area (Å²) < 4.78 is 0. The second kappa shape index (κ2) is 5.63. The average Bonchev–Trinajstić information content (AvgIpc) is 2.16. The molecule has 0 amide bonds. The van der Waals surface area contributed by atoms with Crippen molar-refractivity contribution in [2.24, 2.45) is 5.92 Å². The SMILES string of the molecule is Cc1ccc(CCC(C)CCl)c(Cl)c1. The second-order valence-electron chi connectivity index (χ2n) is 3.89. The lowest BCUT2D eigenvalue weighted by atomic mass is 10.0. The first-order valence-corrected chi connectivity index (χ1v) is 5.85. The van der Waals surface area contributed by atoms with Gasteiger partial charge >= 0.3 is 0 Å². The van der Waals surface area contributed by atoms with Crippen LogP contribution in [0.1, 0.15) is 24.5 Å². The predicted molar refractivity (Wildman–Crippen MR) is 64.4 cm³/mol. The molecule has 78 valence electrons. The topological polar surface area (TPSA) is 0 Å². The molecule has 0 saturated heterocycles. The largest absolute Gasteiger partial charge is 0.126 e. The van der Waals surface area contributed by atoms with Crippen LogP contribution in [0.25, 0.3) is 0 Å². The summed E-state index contributed by atoms with van der Waals surface area (Å²) in [6.45, 7) is 4.21. The Bertz CT molecular complexity index is 294. The third-order valence-electron chi connectivity index (χ3n) is 2.38. The van der Waals surface area contributed by atoms with Gasteiger partial charge in [0.15, 0.2) is 0 Å². The lowest BCUT2D eigenvalue weighted by Crippen LogP contribution is -1.99. The molecule has 1 rings (SSSR count). The Labute approximate surface area is 96.2 Å². The highest BCUT2D eigenvalue weighted by Crippen LogP contribution is 2.20. The van der Waals surface area contributed by atoms with Gasteiger partial charge in [-0.3, -0.25) is 0 Å². The van der Waals surface area contributed by atoms with E-state index in [1.54, 1.807) is 0 Å². The van der Waals surface area contributed by atoms with Crippen molar-refractivity contribution < 1.29 is 0 Å². The quantitative estimate of drug-likeness (QED) is 0.671. The minimum atomic E-state index is 0.564. The van der Waals surface area contributed by atoms with Crippen LogP contribution in [0.5, 0.6) is 0 Å². The van der Waals surface area contributed by atoms with Crippen LogP contribution in [0.15, 0.2) is 18.2 Å². The predicted octanol–water partition coefficient (Wildman–Crippen LogP) is 4.46. The fourth-order valence-corrected chi connectivity index (χ4v) is 1.82. The van der Waals surface area contributed by atoms with Gasteiger partial charge in [-0.15, -0.1) is 11.6 Å². The lowest BCUT2D eigenvalue weighted by molar-refractivity contribution is 0.593. The first-order valence-electron chi connectivity index (χ1n) is 4.94. The summed E-state index contributed by atoms with van der Waals surface area (Å²) in [6.07, 6.45) is 2.12. The third-order valence-corrected chi connectivity index (χ3v) is 3.26. The molecule has 0 saturated carbocycles. The van der Waals surface area contributed by atoms with Gasteiger partial charge in [-0.1, -0.05) is 30.7 Å². The van der Waals surface area contributed by atoms with Crippen molar-refractivity contribution in [1.82, 2.24) is 0 Å². The summed E-state index contributed by atoms with van der Waals surface area (Å²) in [7, 11) is 0. The first kappa shape index (κ1) is 11.9. The smallest absolute Gasteiger partial charge is 0.0440 e. The molecule has 1 aromatic rings. The maximum absolute atomic E-state index is 6.12. The van der Waals surface area contributed by atoms with Crippen molar-refractivity contribution in [1.29, 1.82) is 0 Å². The molecule has 0 aliphatic rings. The maximum Gasteiger partial charge on any atom is 0.0440 e. The summed E-state index contributed by atoms with van der Waals surface area (Å²) in [5.74, 6) is 1.29. The van der Waals surface area contributed by atoms with E-state index in [2.05, 4.69) is 26.0 Å². The summed E-state index contributed by atoms with van der Waals surface area (Å²) >= 11 is 11.9. The average molecular weight is 231 g/mol. The zero-order valence-corrected chi connectivity index (χ0v) is 10.2. The fraction of sp³-hybridized carbons (Fsp3) is 0.500. The molecule has 0 radical (unpaired) electrons. The minimum absolute atomic E-state index is 0.564. The van der Waals surface area contributed by atoms with Crippen molar-refractivity contribution in [3.05, 3.63) is 34.3 Å². The van der Waals surface area contributed by atoms with Gasteiger partial charge in [-0.25, -0.2) is 0 Å². The van der Waals surface area contributed by atoms with Crippen LogP contribution in [0, 0.1) is 12.8 Å². The second-order valence-corrected chi connectivity index (χ2v) is 4.61. The van der Waals surface area contributed by atoms with Crippen LogP contribution in [0.2, 0.25) is 5.02 Å². The number of rotatable bonds is 4. The molecule has 0 nitrogen and oxygen atoms in total. The molecule has 0 spiro atoms. The Hall–Kier alpha value is -0.200. The molecular weight excluding hydrogens is 215 g/mol. The van der Waals surface area contributed by atoms with Gasteiger partial charge in [0, 0.05) is 10.9 Å². The van der Waals surface area contributed by atoms with Crippen LogP contribution in [0.4, 0.5) is 0 Å². The summed E-state index contributed by atoms with van der Waals surface area (Å²) in [5, 5.41) is 0.881. The number of alkyl halides is 1. The van der Waals surface area contributed by atoms with Crippen molar-refractivity contribution in [3.63, 3.8) is 0 Å². The normalized spacial score (nSPS) is 12.9. The third kappa shape index (κ3) is 3.51. The molecule has 0 fully saturated rings. The van der Waals surface area contributed by atoms with Crippen LogP contribution in [-0.2, 0) is 6.42 Å². The molecule has 1 unspecified atom stereocenters. The van der Waals surface area contributed by atoms with Crippen LogP contribution in [-0.4, -0.2) is 5.88 Å². The van der Waals surface area contributed by atoms with E-state index in [4.69, 9.17) is 23.2 Å². The van der Waals surface area contributed by atoms with E-state index < -0.39 is 0 Å². The Kier molecular flexibility index (Phi) is 4.77. The molecule has 0 bridgehead atoms. The van der Waals surface area contributed by atoms with Gasteiger partial charge in [0.25, 0.3) is 0 Å². The molecular formula is C12H16Cl2.